The van der Waals surface area contributed by atoms with E-state index in [1.54, 1.807) is 0 Å². The average Bonchev–Trinajstić information content (AvgIpc) is 3.19. The first-order valence-electron chi connectivity index (χ1n) is 18.3. The standard InChI is InChI=1S/C32H44N12O16S4/c45-11-15-59-13-7-33-27-39-29(35-9-17-61(47,48)49)43-31(41-27)37-23-5-3-21(25(19-23)63(53,54)55)1-2-22-4-6-24(20-26(22)64(56,57)58)38-32-42-28(34-8-14-60-16-12-46)40-30(44-32)36-10-18-62(50,51)52/h1-6,19-20,45-46H,7-18H2,(H,47,48,49)(H,50,51,52)(H,53,54,55)(H,56,57,58)(H3,33,35,37,39,41,43)(H3,34,36,38,40,42,44)/b2-1+. The average molecular weight is 981 g/mol. The van der Waals surface area contributed by atoms with Crippen LogP contribution in [0.3, 0.4) is 0 Å². The Balaban J connectivity index is 1.61. The molecular formula is C32H44N12O16S4. The summed E-state index contributed by atoms with van der Waals surface area (Å²) < 4.78 is 144. The van der Waals surface area contributed by atoms with E-state index in [1.165, 1.54) is 24.3 Å². The molecule has 0 fully saturated rings. The number of hydrogen-bond acceptors (Lipinski definition) is 24. The number of nitrogens with one attached hydrogen (secondary N) is 6. The molecule has 64 heavy (non-hydrogen) atoms. The van der Waals surface area contributed by atoms with Crippen LogP contribution in [0.25, 0.3) is 12.2 Å². The largest absolute Gasteiger partial charge is 0.394 e. The van der Waals surface area contributed by atoms with Gasteiger partial charge in [-0.25, -0.2) is 0 Å². The summed E-state index contributed by atoms with van der Waals surface area (Å²) in [4.78, 5) is 23.5. The molecule has 0 atom stereocenters. The SMILES string of the molecule is O=S(=O)(O)CCNc1nc(NCCOCCO)nc(Nc2ccc(/C=C/c3ccc(Nc4nc(NCCOCCO)nc(NCCS(=O)(=O)O)n4)cc3S(=O)(=O)O)c(S(=O)(=O)O)c2)n1. The molecule has 32 heteroatoms. The highest BCUT2D eigenvalue weighted by atomic mass is 32.2. The number of benzene rings is 2. The van der Waals surface area contributed by atoms with Crippen LogP contribution in [-0.2, 0) is 49.9 Å². The van der Waals surface area contributed by atoms with Gasteiger partial charge < -0.3 is 51.6 Å². The second kappa shape index (κ2) is 23.4. The van der Waals surface area contributed by atoms with Crippen LogP contribution in [0.15, 0.2) is 46.2 Å². The van der Waals surface area contributed by atoms with E-state index in [0.29, 0.717) is 0 Å². The maximum absolute atomic E-state index is 12.6. The van der Waals surface area contributed by atoms with E-state index < -0.39 is 61.8 Å². The molecule has 2 aromatic heterocycles. The molecule has 0 saturated heterocycles. The summed E-state index contributed by atoms with van der Waals surface area (Å²) in [5, 5.41) is 34.2. The van der Waals surface area contributed by atoms with Gasteiger partial charge in [0.05, 0.1) is 51.1 Å². The van der Waals surface area contributed by atoms with Gasteiger partial charge in [0, 0.05) is 37.6 Å². The quantitative estimate of drug-likeness (QED) is 0.0196. The van der Waals surface area contributed by atoms with Gasteiger partial charge in [-0.2, -0.15) is 63.6 Å². The van der Waals surface area contributed by atoms with Gasteiger partial charge in [-0.15, -0.1) is 0 Å². The number of ether oxygens (including phenoxy) is 2. The zero-order chi connectivity index (χ0) is 47.0. The Labute approximate surface area is 366 Å². The summed E-state index contributed by atoms with van der Waals surface area (Å²) in [6.45, 7) is -0.299. The molecule has 28 nitrogen and oxygen atoms in total. The van der Waals surface area contributed by atoms with E-state index in [-0.39, 0.29) is 124 Å². The van der Waals surface area contributed by atoms with Crippen LogP contribution in [0.1, 0.15) is 11.1 Å². The monoisotopic (exact) mass is 980 g/mol. The number of anilines is 8. The number of aliphatic hydroxyl groups is 2. The molecule has 2 aromatic carbocycles. The Kier molecular flexibility index (Phi) is 18.7. The third-order valence-corrected chi connectivity index (χ3v) is 10.9. The lowest BCUT2D eigenvalue weighted by atomic mass is 10.1. The van der Waals surface area contributed by atoms with Crippen LogP contribution in [0.2, 0.25) is 0 Å². The van der Waals surface area contributed by atoms with Crippen LogP contribution in [0, 0.1) is 0 Å². The Bertz CT molecular complexity index is 2520. The van der Waals surface area contributed by atoms with Crippen molar-refractivity contribution in [2.45, 2.75) is 9.79 Å². The number of rotatable bonds is 28. The van der Waals surface area contributed by atoms with Crippen molar-refractivity contribution in [2.75, 3.05) is 109 Å². The maximum Gasteiger partial charge on any atom is 0.295 e. The summed E-state index contributed by atoms with van der Waals surface area (Å²) in [6, 6.07) is 7.18. The second-order valence-corrected chi connectivity index (χ2v) is 18.5. The van der Waals surface area contributed by atoms with Crippen molar-refractivity contribution in [3.05, 3.63) is 47.5 Å². The highest BCUT2D eigenvalue weighted by molar-refractivity contribution is 7.86. The Morgan fingerprint density at radius 2 is 0.797 bits per heavy atom. The van der Waals surface area contributed by atoms with Crippen molar-refractivity contribution in [3.8, 4) is 0 Å². The van der Waals surface area contributed by atoms with Crippen molar-refractivity contribution in [1.29, 1.82) is 0 Å². The maximum atomic E-state index is 12.6. The molecule has 0 radical (unpaired) electrons. The minimum Gasteiger partial charge on any atom is -0.394 e. The molecule has 0 spiro atoms. The first kappa shape index (κ1) is 51.1. The molecular weight excluding hydrogens is 937 g/mol. The number of aromatic nitrogens is 6. The van der Waals surface area contributed by atoms with E-state index in [2.05, 4.69) is 61.8 Å². The van der Waals surface area contributed by atoms with Crippen LogP contribution in [0.5, 0.6) is 0 Å². The highest BCUT2D eigenvalue weighted by Crippen LogP contribution is 2.28. The normalized spacial score (nSPS) is 12.3. The minimum atomic E-state index is -4.97. The summed E-state index contributed by atoms with van der Waals surface area (Å²) in [7, 11) is -18.6. The summed E-state index contributed by atoms with van der Waals surface area (Å²) >= 11 is 0. The van der Waals surface area contributed by atoms with E-state index in [0.717, 1.165) is 24.3 Å². The molecule has 0 aliphatic heterocycles. The first-order valence-corrected chi connectivity index (χ1v) is 24.4. The Hall–Kier alpha value is -5.52. The predicted molar refractivity (Wildman–Crippen MR) is 230 cm³/mol. The van der Waals surface area contributed by atoms with Crippen molar-refractivity contribution in [3.63, 3.8) is 0 Å². The fourth-order valence-electron chi connectivity index (χ4n) is 4.95. The van der Waals surface area contributed by atoms with E-state index in [9.17, 15) is 42.8 Å². The lowest BCUT2D eigenvalue weighted by Gasteiger charge is -2.13. The molecule has 4 aromatic rings. The molecule has 0 unspecified atom stereocenters. The zero-order valence-electron chi connectivity index (χ0n) is 33.2. The number of hydrogen-bond donors (Lipinski definition) is 12. The van der Waals surface area contributed by atoms with Crippen molar-refractivity contribution in [2.24, 2.45) is 0 Å². The molecule has 0 amide bonds. The molecule has 0 aliphatic carbocycles. The van der Waals surface area contributed by atoms with E-state index in [4.69, 9.17) is 28.8 Å². The van der Waals surface area contributed by atoms with Gasteiger partial charge in [0.25, 0.3) is 40.5 Å². The van der Waals surface area contributed by atoms with Crippen molar-refractivity contribution < 1.29 is 71.6 Å². The van der Waals surface area contributed by atoms with Gasteiger partial charge in [-0.3, -0.25) is 18.2 Å². The Morgan fingerprint density at radius 1 is 0.469 bits per heavy atom. The van der Waals surface area contributed by atoms with Gasteiger partial charge in [0.15, 0.2) is 0 Å². The molecule has 2 heterocycles. The topological polar surface area (TPSA) is 426 Å². The van der Waals surface area contributed by atoms with Crippen LogP contribution in [0.4, 0.5) is 47.1 Å². The van der Waals surface area contributed by atoms with Gasteiger partial charge >= 0.3 is 0 Å². The van der Waals surface area contributed by atoms with Gasteiger partial charge in [-0.1, -0.05) is 24.3 Å². The lowest BCUT2D eigenvalue weighted by Crippen LogP contribution is -2.18. The zero-order valence-corrected chi connectivity index (χ0v) is 36.5. The first-order chi connectivity index (χ1) is 30.1. The smallest absolute Gasteiger partial charge is 0.295 e. The molecule has 0 aliphatic rings. The Morgan fingerprint density at radius 3 is 1.11 bits per heavy atom. The fourth-order valence-corrected chi connectivity index (χ4v) is 7.09. The molecule has 12 N–H and O–H groups in total. The van der Waals surface area contributed by atoms with E-state index in [1.807, 2.05) is 0 Å². The van der Waals surface area contributed by atoms with Gasteiger partial charge in [0.2, 0.25) is 35.7 Å². The number of aliphatic hydroxyl groups excluding tert-OH is 2. The van der Waals surface area contributed by atoms with E-state index >= 15 is 0 Å². The predicted octanol–water partition coefficient (Wildman–Crippen LogP) is -0.351. The third kappa shape index (κ3) is 18.3. The minimum absolute atomic E-state index is 0.00893. The van der Waals surface area contributed by atoms with Gasteiger partial charge in [0.1, 0.15) is 9.79 Å². The van der Waals surface area contributed by atoms with Crippen LogP contribution >= 0.6 is 0 Å². The summed E-state index contributed by atoms with van der Waals surface area (Å²) in [6.07, 6.45) is 2.29. The van der Waals surface area contributed by atoms with Gasteiger partial charge in [-0.05, 0) is 35.4 Å². The third-order valence-electron chi connectivity index (χ3n) is 7.63. The summed E-state index contributed by atoms with van der Waals surface area (Å²) in [5.41, 5.74) is -0.277. The molecule has 0 saturated carbocycles. The highest BCUT2D eigenvalue weighted by Gasteiger charge is 2.19. The molecule has 4 rings (SSSR count). The molecule has 0 bridgehead atoms. The van der Waals surface area contributed by atoms with Crippen LogP contribution < -0.4 is 31.9 Å². The second-order valence-electron chi connectivity index (χ2n) is 12.6. The lowest BCUT2D eigenvalue weighted by molar-refractivity contribution is 0.0991. The van der Waals surface area contributed by atoms with Crippen molar-refractivity contribution in [1.82, 2.24) is 29.9 Å². The van der Waals surface area contributed by atoms with Crippen LogP contribution in [-0.4, -0.2) is 169 Å². The van der Waals surface area contributed by atoms with Crippen molar-refractivity contribution >= 4 is 99.7 Å². The summed E-state index contributed by atoms with van der Waals surface area (Å²) in [5.74, 6) is -2.18. The number of nitrogens with zero attached hydrogens (tertiary/aromatic N) is 6. The molecule has 352 valence electrons. The fraction of sp³-hybridized carbons (Fsp3) is 0.375.